The maximum Gasteiger partial charge on any atom is 0.258 e. The van der Waals surface area contributed by atoms with E-state index in [1.807, 2.05) is 54.6 Å². The molecule has 1 aromatic heterocycles. The molecule has 36 heavy (non-hydrogen) atoms. The van der Waals surface area contributed by atoms with Crippen LogP contribution in [-0.2, 0) is 0 Å². The standard InChI is InChI=1S/C28H30N4O4/c1-4-32(5-2)18-17-29-27(33)24-16-13-21(19-25(24)34-3)26-30-28(36-31-26)20-11-14-23(15-12-20)35-22-9-7-6-8-10-22/h6-16,19H,4-5,17-18H2,1-3H3,(H,29,33). The minimum Gasteiger partial charge on any atom is -0.496 e. The lowest BCUT2D eigenvalue weighted by molar-refractivity contribution is 0.0946. The fraction of sp³-hybridized carbons (Fsp3) is 0.250. The molecular formula is C28H30N4O4. The molecule has 4 aromatic rings. The molecule has 1 heterocycles. The Morgan fingerprint density at radius 3 is 2.33 bits per heavy atom. The van der Waals surface area contributed by atoms with Crippen molar-refractivity contribution in [2.75, 3.05) is 33.3 Å². The third kappa shape index (κ3) is 6.09. The topological polar surface area (TPSA) is 89.7 Å². The average molecular weight is 487 g/mol. The van der Waals surface area contributed by atoms with Gasteiger partial charge < -0.3 is 24.2 Å². The van der Waals surface area contributed by atoms with Crippen LogP contribution in [0.3, 0.4) is 0 Å². The van der Waals surface area contributed by atoms with Crippen molar-refractivity contribution in [2.45, 2.75) is 13.8 Å². The van der Waals surface area contributed by atoms with Crippen LogP contribution < -0.4 is 14.8 Å². The Balaban J connectivity index is 1.44. The van der Waals surface area contributed by atoms with Crippen LogP contribution in [0.5, 0.6) is 17.2 Å². The molecule has 0 aliphatic heterocycles. The Bertz CT molecular complexity index is 1270. The van der Waals surface area contributed by atoms with Gasteiger partial charge in [-0.1, -0.05) is 37.2 Å². The van der Waals surface area contributed by atoms with Gasteiger partial charge in [0.25, 0.3) is 11.8 Å². The number of hydrogen-bond acceptors (Lipinski definition) is 7. The minimum absolute atomic E-state index is 0.183. The predicted octanol–water partition coefficient (Wildman–Crippen LogP) is 5.28. The van der Waals surface area contributed by atoms with Crippen molar-refractivity contribution >= 4 is 5.91 Å². The summed E-state index contributed by atoms with van der Waals surface area (Å²) in [7, 11) is 1.53. The Labute approximate surface area is 210 Å². The van der Waals surface area contributed by atoms with Gasteiger partial charge in [-0.2, -0.15) is 4.98 Å². The van der Waals surface area contributed by atoms with Crippen LogP contribution in [0.2, 0.25) is 0 Å². The van der Waals surface area contributed by atoms with E-state index in [-0.39, 0.29) is 5.91 Å². The van der Waals surface area contributed by atoms with E-state index < -0.39 is 0 Å². The lowest BCUT2D eigenvalue weighted by Crippen LogP contribution is -2.34. The highest BCUT2D eigenvalue weighted by atomic mass is 16.5. The number of nitrogens with one attached hydrogen (secondary N) is 1. The summed E-state index contributed by atoms with van der Waals surface area (Å²) in [4.78, 5) is 19.5. The Hall–Kier alpha value is -4.17. The molecule has 0 spiro atoms. The molecule has 0 bridgehead atoms. The molecule has 4 rings (SSSR count). The van der Waals surface area contributed by atoms with Crippen molar-refractivity contribution in [1.82, 2.24) is 20.4 Å². The summed E-state index contributed by atoms with van der Waals surface area (Å²) in [6.45, 7) is 7.46. The predicted molar refractivity (Wildman–Crippen MR) is 138 cm³/mol. The van der Waals surface area contributed by atoms with E-state index >= 15 is 0 Å². The molecule has 0 aliphatic carbocycles. The number of aromatic nitrogens is 2. The second-order valence-electron chi connectivity index (χ2n) is 8.06. The van der Waals surface area contributed by atoms with Crippen molar-refractivity contribution in [3.63, 3.8) is 0 Å². The molecule has 0 aliphatic rings. The zero-order valence-corrected chi connectivity index (χ0v) is 20.7. The number of likely N-dealkylation sites (N-methyl/N-ethyl adjacent to an activating group) is 1. The number of carbonyl (C=O) groups excluding carboxylic acids is 1. The largest absolute Gasteiger partial charge is 0.496 e. The van der Waals surface area contributed by atoms with Crippen molar-refractivity contribution in [3.05, 3.63) is 78.4 Å². The van der Waals surface area contributed by atoms with Gasteiger partial charge in [-0.25, -0.2) is 0 Å². The number of amides is 1. The number of ether oxygens (including phenoxy) is 2. The summed E-state index contributed by atoms with van der Waals surface area (Å²) >= 11 is 0. The van der Waals surface area contributed by atoms with Crippen LogP contribution in [0.25, 0.3) is 22.8 Å². The Morgan fingerprint density at radius 1 is 0.944 bits per heavy atom. The summed E-state index contributed by atoms with van der Waals surface area (Å²) in [6.07, 6.45) is 0. The second-order valence-corrected chi connectivity index (χ2v) is 8.06. The first-order chi connectivity index (χ1) is 17.6. The Kier molecular flexibility index (Phi) is 8.31. The Morgan fingerprint density at radius 2 is 1.64 bits per heavy atom. The number of hydrogen-bond donors (Lipinski definition) is 1. The van der Waals surface area contributed by atoms with Crippen molar-refractivity contribution in [2.24, 2.45) is 0 Å². The van der Waals surface area contributed by atoms with E-state index in [0.29, 0.717) is 40.9 Å². The zero-order valence-electron chi connectivity index (χ0n) is 20.7. The highest BCUT2D eigenvalue weighted by Crippen LogP contribution is 2.29. The molecule has 0 saturated heterocycles. The van der Waals surface area contributed by atoms with Gasteiger partial charge in [-0.3, -0.25) is 4.79 Å². The van der Waals surface area contributed by atoms with Gasteiger partial charge in [0.15, 0.2) is 0 Å². The molecule has 0 atom stereocenters. The van der Waals surface area contributed by atoms with E-state index in [9.17, 15) is 4.79 Å². The molecule has 0 fully saturated rings. The van der Waals surface area contributed by atoms with Gasteiger partial charge >= 0.3 is 0 Å². The first-order valence-corrected chi connectivity index (χ1v) is 12.0. The quantitative estimate of drug-likeness (QED) is 0.309. The normalized spacial score (nSPS) is 10.9. The summed E-state index contributed by atoms with van der Waals surface area (Å²) < 4.78 is 16.8. The van der Waals surface area contributed by atoms with Crippen LogP contribution in [0.15, 0.2) is 77.3 Å². The molecule has 8 nitrogen and oxygen atoms in total. The molecular weight excluding hydrogens is 456 g/mol. The number of benzene rings is 3. The van der Waals surface area contributed by atoms with Gasteiger partial charge in [-0.15, -0.1) is 0 Å². The second kappa shape index (κ2) is 12.0. The number of nitrogens with zero attached hydrogens (tertiary/aromatic N) is 3. The summed E-state index contributed by atoms with van der Waals surface area (Å²) in [5, 5.41) is 7.07. The lowest BCUT2D eigenvalue weighted by atomic mass is 10.1. The average Bonchev–Trinajstić information content (AvgIpc) is 3.42. The van der Waals surface area contributed by atoms with E-state index in [4.69, 9.17) is 14.0 Å². The van der Waals surface area contributed by atoms with Gasteiger partial charge in [0.1, 0.15) is 17.2 Å². The van der Waals surface area contributed by atoms with Crippen molar-refractivity contribution in [3.8, 4) is 40.1 Å². The smallest absolute Gasteiger partial charge is 0.258 e. The van der Waals surface area contributed by atoms with Gasteiger partial charge in [0, 0.05) is 24.2 Å². The molecule has 1 amide bonds. The number of para-hydroxylation sites is 1. The molecule has 1 N–H and O–H groups in total. The van der Waals surface area contributed by atoms with Crippen LogP contribution in [0.4, 0.5) is 0 Å². The lowest BCUT2D eigenvalue weighted by Gasteiger charge is -2.18. The summed E-state index contributed by atoms with van der Waals surface area (Å²) in [5.41, 5.74) is 1.91. The van der Waals surface area contributed by atoms with Crippen LogP contribution in [0.1, 0.15) is 24.2 Å². The van der Waals surface area contributed by atoms with Crippen molar-refractivity contribution in [1.29, 1.82) is 0 Å². The van der Waals surface area contributed by atoms with E-state index in [2.05, 4.69) is 34.2 Å². The fourth-order valence-corrected chi connectivity index (χ4v) is 3.73. The van der Waals surface area contributed by atoms with Gasteiger partial charge in [0.2, 0.25) is 5.82 Å². The third-order valence-electron chi connectivity index (χ3n) is 5.82. The number of methoxy groups -OCH3 is 1. The van der Waals surface area contributed by atoms with Crippen LogP contribution >= 0.6 is 0 Å². The van der Waals surface area contributed by atoms with Crippen LogP contribution in [0, 0.1) is 0 Å². The van der Waals surface area contributed by atoms with E-state index in [0.717, 1.165) is 30.9 Å². The monoisotopic (exact) mass is 486 g/mol. The minimum atomic E-state index is -0.183. The number of carbonyl (C=O) groups is 1. The van der Waals surface area contributed by atoms with Gasteiger partial charge in [0.05, 0.1) is 12.7 Å². The van der Waals surface area contributed by atoms with Crippen molar-refractivity contribution < 1.29 is 18.8 Å². The highest BCUT2D eigenvalue weighted by Gasteiger charge is 2.17. The summed E-state index contributed by atoms with van der Waals surface area (Å²) in [5.74, 6) is 2.52. The van der Waals surface area contributed by atoms with Gasteiger partial charge in [-0.05, 0) is 67.7 Å². The molecule has 3 aromatic carbocycles. The van der Waals surface area contributed by atoms with Crippen LogP contribution in [-0.4, -0.2) is 54.2 Å². The zero-order chi connectivity index (χ0) is 25.3. The maximum absolute atomic E-state index is 12.7. The van der Waals surface area contributed by atoms with E-state index in [1.54, 1.807) is 18.2 Å². The fourth-order valence-electron chi connectivity index (χ4n) is 3.73. The first-order valence-electron chi connectivity index (χ1n) is 12.0. The third-order valence-corrected chi connectivity index (χ3v) is 5.82. The number of rotatable bonds is 11. The molecule has 0 unspecified atom stereocenters. The highest BCUT2D eigenvalue weighted by molar-refractivity contribution is 5.97. The summed E-state index contributed by atoms with van der Waals surface area (Å²) in [6, 6.07) is 22.2. The molecule has 0 radical (unpaired) electrons. The molecule has 0 saturated carbocycles. The molecule has 8 heteroatoms. The first kappa shape index (κ1) is 24.9. The SMILES string of the molecule is CCN(CC)CCNC(=O)c1ccc(-c2noc(-c3ccc(Oc4ccccc4)cc3)n2)cc1OC. The maximum atomic E-state index is 12.7. The van der Waals surface area contributed by atoms with E-state index in [1.165, 1.54) is 7.11 Å². The molecule has 186 valence electrons.